The predicted octanol–water partition coefficient (Wildman–Crippen LogP) is 3.44. The number of hydrogen-bond acceptors (Lipinski definition) is 3. The number of carbonyl (C=O) groups is 3. The summed E-state index contributed by atoms with van der Waals surface area (Å²) < 4.78 is 13.6. The van der Waals surface area contributed by atoms with Crippen molar-refractivity contribution in [3.8, 4) is 0 Å². The minimum absolute atomic E-state index is 0.000509. The first kappa shape index (κ1) is 18.2. The molecule has 1 aliphatic heterocycles. The maximum atomic E-state index is 13.6. The van der Waals surface area contributed by atoms with Crippen LogP contribution in [0.4, 0.5) is 14.9 Å². The normalized spacial score (nSPS) is 19.1. The third-order valence-corrected chi connectivity index (χ3v) is 4.60. The molecule has 0 aromatic heterocycles. The lowest BCUT2D eigenvalue weighted by molar-refractivity contribution is -0.123. The van der Waals surface area contributed by atoms with Gasteiger partial charge in [-0.2, -0.15) is 0 Å². The summed E-state index contributed by atoms with van der Waals surface area (Å²) in [5.74, 6) is -1.92. The first-order valence-electron chi connectivity index (χ1n) is 7.41. The zero-order valence-electron chi connectivity index (χ0n) is 13.3. The Labute approximate surface area is 157 Å². The van der Waals surface area contributed by atoms with Crippen molar-refractivity contribution in [1.29, 1.82) is 0 Å². The number of hydrogen-bond donors (Lipinski definition) is 3. The molecule has 6 nitrogen and oxygen atoms in total. The summed E-state index contributed by atoms with van der Waals surface area (Å²) in [7, 11) is 0. The van der Waals surface area contributed by atoms with Crippen LogP contribution in [0.5, 0.6) is 0 Å². The molecular weight excluding hydrogens is 384 g/mol. The molecule has 3 rings (SSSR count). The smallest absolute Gasteiger partial charge is 0.322 e. The molecule has 3 N–H and O–H groups in total. The van der Waals surface area contributed by atoms with Crippen LogP contribution in [0.1, 0.15) is 22.8 Å². The highest BCUT2D eigenvalue weighted by molar-refractivity contribution is 6.37. The molecule has 26 heavy (non-hydrogen) atoms. The highest BCUT2D eigenvalue weighted by Crippen LogP contribution is 2.28. The first-order valence-corrected chi connectivity index (χ1v) is 8.16. The highest BCUT2D eigenvalue weighted by atomic mass is 35.5. The SMILES string of the molecule is CC1(c2cccc(NC(=O)c3cc(F)c(Cl)cc3Cl)c2)NC(=O)NC1=O. The van der Waals surface area contributed by atoms with Gasteiger partial charge in [0.25, 0.3) is 11.8 Å². The summed E-state index contributed by atoms with van der Waals surface area (Å²) >= 11 is 11.6. The molecule has 2 aromatic carbocycles. The van der Waals surface area contributed by atoms with Crippen molar-refractivity contribution in [2.24, 2.45) is 0 Å². The molecular formula is C17H12Cl2FN3O3. The largest absolute Gasteiger partial charge is 0.322 e. The van der Waals surface area contributed by atoms with Crippen molar-refractivity contribution in [2.45, 2.75) is 12.5 Å². The summed E-state index contributed by atoms with van der Waals surface area (Å²) in [6.07, 6.45) is 0. The topological polar surface area (TPSA) is 87.3 Å². The van der Waals surface area contributed by atoms with E-state index in [-0.39, 0.29) is 15.6 Å². The van der Waals surface area contributed by atoms with Crippen LogP contribution < -0.4 is 16.0 Å². The monoisotopic (exact) mass is 395 g/mol. The van der Waals surface area contributed by atoms with Crippen LogP contribution >= 0.6 is 23.2 Å². The molecule has 0 aliphatic carbocycles. The first-order chi connectivity index (χ1) is 12.2. The quantitative estimate of drug-likeness (QED) is 0.549. The number of amides is 4. The molecule has 1 heterocycles. The number of imide groups is 1. The Morgan fingerprint density at radius 2 is 1.88 bits per heavy atom. The zero-order valence-corrected chi connectivity index (χ0v) is 14.8. The number of anilines is 1. The highest BCUT2D eigenvalue weighted by Gasteiger charge is 2.43. The van der Waals surface area contributed by atoms with Crippen LogP contribution in [0.3, 0.4) is 0 Å². The summed E-state index contributed by atoms with van der Waals surface area (Å²) in [6.45, 7) is 1.54. The second-order valence-electron chi connectivity index (χ2n) is 5.81. The number of benzene rings is 2. The van der Waals surface area contributed by atoms with E-state index in [1.165, 1.54) is 6.07 Å². The maximum absolute atomic E-state index is 13.6. The van der Waals surface area contributed by atoms with E-state index >= 15 is 0 Å². The molecule has 0 radical (unpaired) electrons. The van der Waals surface area contributed by atoms with E-state index in [1.54, 1.807) is 25.1 Å². The zero-order chi connectivity index (χ0) is 19.1. The third-order valence-electron chi connectivity index (χ3n) is 4.00. The van der Waals surface area contributed by atoms with Crippen molar-refractivity contribution < 1.29 is 18.8 Å². The van der Waals surface area contributed by atoms with E-state index in [1.807, 2.05) is 0 Å². The van der Waals surface area contributed by atoms with Gasteiger partial charge in [-0.15, -0.1) is 0 Å². The lowest BCUT2D eigenvalue weighted by Gasteiger charge is -2.21. The minimum atomic E-state index is -1.26. The van der Waals surface area contributed by atoms with E-state index in [0.29, 0.717) is 11.3 Å². The van der Waals surface area contributed by atoms with Crippen molar-refractivity contribution in [3.63, 3.8) is 0 Å². The van der Waals surface area contributed by atoms with Gasteiger partial charge < -0.3 is 10.6 Å². The molecule has 134 valence electrons. The molecule has 1 aliphatic rings. The third kappa shape index (κ3) is 3.23. The molecule has 1 unspecified atom stereocenters. The molecule has 0 spiro atoms. The molecule has 1 atom stereocenters. The van der Waals surface area contributed by atoms with E-state index in [4.69, 9.17) is 23.2 Å². The van der Waals surface area contributed by atoms with Crippen LogP contribution in [0, 0.1) is 5.82 Å². The average molecular weight is 396 g/mol. The standard InChI is InChI=1S/C17H12Cl2FN3O3/c1-17(15(25)22-16(26)23-17)8-3-2-4-9(5-8)21-14(24)10-6-13(20)12(19)7-11(10)18/h2-7H,1H3,(H,21,24)(H2,22,23,25,26). The fourth-order valence-electron chi connectivity index (χ4n) is 2.55. The Balaban J connectivity index is 1.88. The van der Waals surface area contributed by atoms with E-state index < -0.39 is 29.2 Å². The Hall–Kier alpha value is -2.64. The molecule has 0 saturated carbocycles. The molecule has 9 heteroatoms. The summed E-state index contributed by atoms with van der Waals surface area (Å²) in [6, 6.07) is 7.84. The van der Waals surface area contributed by atoms with Crippen molar-refractivity contribution >= 4 is 46.7 Å². The van der Waals surface area contributed by atoms with Gasteiger partial charge in [0.2, 0.25) is 0 Å². The predicted molar refractivity (Wildman–Crippen MR) is 94.8 cm³/mol. The van der Waals surface area contributed by atoms with Gasteiger partial charge in [0.05, 0.1) is 15.6 Å². The molecule has 4 amide bonds. The Morgan fingerprint density at radius 1 is 1.15 bits per heavy atom. The average Bonchev–Trinajstić information content (AvgIpc) is 2.84. The van der Waals surface area contributed by atoms with Gasteiger partial charge in [-0.05, 0) is 36.8 Å². The fraction of sp³-hybridized carbons (Fsp3) is 0.118. The number of carbonyl (C=O) groups excluding carboxylic acids is 3. The van der Waals surface area contributed by atoms with Gasteiger partial charge in [-0.25, -0.2) is 9.18 Å². The van der Waals surface area contributed by atoms with Crippen LogP contribution in [-0.2, 0) is 10.3 Å². The van der Waals surface area contributed by atoms with Crippen LogP contribution in [0.25, 0.3) is 0 Å². The number of halogens is 3. The molecule has 1 saturated heterocycles. The van der Waals surface area contributed by atoms with E-state index in [0.717, 1.165) is 12.1 Å². The van der Waals surface area contributed by atoms with E-state index in [2.05, 4.69) is 16.0 Å². The minimum Gasteiger partial charge on any atom is -0.322 e. The van der Waals surface area contributed by atoms with Crippen molar-refractivity contribution in [1.82, 2.24) is 10.6 Å². The molecule has 0 bridgehead atoms. The van der Waals surface area contributed by atoms with Crippen LogP contribution in [0.2, 0.25) is 10.0 Å². The Kier molecular flexibility index (Phi) is 4.60. The van der Waals surface area contributed by atoms with Crippen LogP contribution in [0.15, 0.2) is 36.4 Å². The van der Waals surface area contributed by atoms with Gasteiger partial charge in [-0.1, -0.05) is 35.3 Å². The Morgan fingerprint density at radius 3 is 2.54 bits per heavy atom. The van der Waals surface area contributed by atoms with Crippen molar-refractivity contribution in [2.75, 3.05) is 5.32 Å². The number of rotatable bonds is 3. The number of nitrogens with one attached hydrogen (secondary N) is 3. The van der Waals surface area contributed by atoms with Gasteiger partial charge in [-0.3, -0.25) is 14.9 Å². The summed E-state index contributed by atoms with van der Waals surface area (Å²) in [4.78, 5) is 35.8. The van der Waals surface area contributed by atoms with Crippen molar-refractivity contribution in [3.05, 3.63) is 63.4 Å². The van der Waals surface area contributed by atoms with Gasteiger partial charge in [0.1, 0.15) is 11.4 Å². The summed E-state index contributed by atoms with van der Waals surface area (Å²) in [5, 5.41) is 7.08. The summed E-state index contributed by atoms with van der Waals surface area (Å²) in [5.41, 5.74) is -0.541. The van der Waals surface area contributed by atoms with Gasteiger partial charge in [0.15, 0.2) is 0 Å². The van der Waals surface area contributed by atoms with E-state index in [9.17, 15) is 18.8 Å². The van der Waals surface area contributed by atoms with Gasteiger partial charge >= 0.3 is 6.03 Å². The maximum Gasteiger partial charge on any atom is 0.322 e. The van der Waals surface area contributed by atoms with Gasteiger partial charge in [0, 0.05) is 5.69 Å². The molecule has 2 aromatic rings. The van der Waals surface area contributed by atoms with Crippen LogP contribution in [-0.4, -0.2) is 17.8 Å². The number of urea groups is 1. The fourth-order valence-corrected chi connectivity index (χ4v) is 3.02. The second kappa shape index (κ2) is 6.59. The lowest BCUT2D eigenvalue weighted by atomic mass is 9.92. The Bertz CT molecular complexity index is 951. The second-order valence-corrected chi connectivity index (χ2v) is 6.63. The lowest BCUT2D eigenvalue weighted by Crippen LogP contribution is -2.40. The molecule has 1 fully saturated rings.